The number of amides is 1. The minimum Gasteiger partial charge on any atom is -0.481 e. The van der Waals surface area contributed by atoms with Gasteiger partial charge in [0.2, 0.25) is 0 Å². The maximum absolute atomic E-state index is 12.6. The van der Waals surface area contributed by atoms with Crippen molar-refractivity contribution in [2.75, 3.05) is 13.1 Å². The Morgan fingerprint density at radius 2 is 1.93 bits per heavy atom. The lowest BCUT2D eigenvalue weighted by molar-refractivity contribution is -0.138. The number of likely N-dealkylation sites (tertiary alicyclic amines) is 1. The molecule has 146 valence electrons. The topological polar surface area (TPSA) is 59.8 Å². The standard InChI is InChI=1S/C22H23NO4S/c1-14(22(25)23-9-4-3-5-10-23)26-16-6-7-18-19(17-8-11-28-15(17)2)13-21(24)27-20(18)12-16/h6-8,11-14H,3-5,9-10H2,1-2H3. The highest BCUT2D eigenvalue weighted by Crippen LogP contribution is 2.33. The van der Waals surface area contributed by atoms with E-state index in [1.807, 2.05) is 35.4 Å². The number of rotatable bonds is 4. The van der Waals surface area contributed by atoms with Gasteiger partial charge in [-0.15, -0.1) is 11.3 Å². The third-order valence-electron chi connectivity index (χ3n) is 5.19. The van der Waals surface area contributed by atoms with E-state index < -0.39 is 11.7 Å². The number of hydrogen-bond acceptors (Lipinski definition) is 5. The van der Waals surface area contributed by atoms with Crippen molar-refractivity contribution in [3.05, 3.63) is 51.0 Å². The maximum Gasteiger partial charge on any atom is 0.336 e. The second-order valence-electron chi connectivity index (χ2n) is 7.17. The molecular formula is C22H23NO4S. The lowest BCUT2D eigenvalue weighted by Gasteiger charge is -2.29. The highest BCUT2D eigenvalue weighted by molar-refractivity contribution is 7.10. The fourth-order valence-corrected chi connectivity index (χ4v) is 4.44. The SMILES string of the molecule is Cc1sccc1-c1cc(=O)oc2cc(OC(C)C(=O)N3CCCCC3)ccc12. The fraction of sp³-hybridized carbons (Fsp3) is 0.364. The Morgan fingerprint density at radius 3 is 2.64 bits per heavy atom. The van der Waals surface area contributed by atoms with Crippen LogP contribution in [-0.4, -0.2) is 30.0 Å². The zero-order chi connectivity index (χ0) is 19.7. The first-order valence-corrected chi connectivity index (χ1v) is 10.5. The Bertz CT molecular complexity index is 1060. The van der Waals surface area contributed by atoms with Crippen molar-refractivity contribution in [1.82, 2.24) is 4.90 Å². The average molecular weight is 397 g/mol. The number of thiophene rings is 1. The number of piperidine rings is 1. The Labute approximate surface area is 167 Å². The average Bonchev–Trinajstić information content (AvgIpc) is 3.12. The highest BCUT2D eigenvalue weighted by Gasteiger charge is 2.23. The fourth-order valence-electron chi connectivity index (χ4n) is 3.73. The molecule has 1 unspecified atom stereocenters. The van der Waals surface area contributed by atoms with Crippen molar-refractivity contribution in [2.24, 2.45) is 0 Å². The van der Waals surface area contributed by atoms with Crippen molar-refractivity contribution >= 4 is 28.2 Å². The molecule has 0 N–H and O–H groups in total. The van der Waals surface area contributed by atoms with E-state index in [-0.39, 0.29) is 5.91 Å². The number of carbonyl (C=O) groups excluding carboxylic acids is 1. The van der Waals surface area contributed by atoms with Gasteiger partial charge >= 0.3 is 5.63 Å². The molecule has 3 aromatic rings. The summed E-state index contributed by atoms with van der Waals surface area (Å²) in [5, 5.41) is 2.86. The van der Waals surface area contributed by atoms with Crippen LogP contribution in [0.15, 0.2) is 44.9 Å². The first kappa shape index (κ1) is 18.7. The third kappa shape index (κ3) is 3.69. The summed E-state index contributed by atoms with van der Waals surface area (Å²) < 4.78 is 11.3. The van der Waals surface area contributed by atoms with E-state index in [9.17, 15) is 9.59 Å². The number of carbonyl (C=O) groups is 1. The summed E-state index contributed by atoms with van der Waals surface area (Å²) in [6.07, 6.45) is 2.69. The van der Waals surface area contributed by atoms with Gasteiger partial charge in [-0.25, -0.2) is 4.79 Å². The molecule has 1 aliphatic rings. The minimum atomic E-state index is -0.579. The lowest BCUT2D eigenvalue weighted by atomic mass is 10.0. The van der Waals surface area contributed by atoms with Crippen LogP contribution in [0.1, 0.15) is 31.1 Å². The van der Waals surface area contributed by atoms with Gasteiger partial charge in [0.15, 0.2) is 6.10 Å². The summed E-state index contributed by atoms with van der Waals surface area (Å²) in [6, 6.07) is 8.95. The summed E-state index contributed by atoms with van der Waals surface area (Å²) in [5.74, 6) is 0.525. The molecule has 1 amide bonds. The van der Waals surface area contributed by atoms with Gasteiger partial charge in [0.1, 0.15) is 11.3 Å². The Morgan fingerprint density at radius 1 is 1.14 bits per heavy atom. The number of ether oxygens (including phenoxy) is 1. The number of fused-ring (bicyclic) bond motifs is 1. The summed E-state index contributed by atoms with van der Waals surface area (Å²) in [5.41, 5.74) is 1.95. The third-order valence-corrected chi connectivity index (χ3v) is 6.04. The van der Waals surface area contributed by atoms with E-state index in [2.05, 4.69) is 0 Å². The van der Waals surface area contributed by atoms with Gasteiger partial charge in [-0.05, 0) is 62.3 Å². The molecule has 2 aromatic heterocycles. The molecule has 6 heteroatoms. The van der Waals surface area contributed by atoms with Crippen LogP contribution in [0.4, 0.5) is 0 Å². The van der Waals surface area contributed by atoms with Crippen LogP contribution >= 0.6 is 11.3 Å². The Kier molecular flexibility index (Phi) is 5.22. The van der Waals surface area contributed by atoms with Crippen molar-refractivity contribution in [1.29, 1.82) is 0 Å². The second-order valence-corrected chi connectivity index (χ2v) is 8.29. The molecule has 1 aliphatic heterocycles. The van der Waals surface area contributed by atoms with E-state index in [1.165, 1.54) is 12.5 Å². The van der Waals surface area contributed by atoms with E-state index in [0.29, 0.717) is 11.3 Å². The molecule has 3 heterocycles. The van der Waals surface area contributed by atoms with E-state index in [1.54, 1.807) is 24.3 Å². The van der Waals surface area contributed by atoms with Gasteiger partial charge in [-0.1, -0.05) is 0 Å². The van der Waals surface area contributed by atoms with E-state index in [4.69, 9.17) is 9.15 Å². The number of nitrogens with zero attached hydrogens (tertiary/aromatic N) is 1. The molecule has 1 atom stereocenters. The van der Waals surface area contributed by atoms with Gasteiger partial charge in [0.05, 0.1) is 0 Å². The predicted octanol–water partition coefficient (Wildman–Crippen LogP) is 4.61. The zero-order valence-corrected chi connectivity index (χ0v) is 16.9. The van der Waals surface area contributed by atoms with Gasteiger partial charge in [0.25, 0.3) is 5.91 Å². The quantitative estimate of drug-likeness (QED) is 0.603. The van der Waals surface area contributed by atoms with Gasteiger partial charge in [-0.3, -0.25) is 4.79 Å². The molecule has 0 radical (unpaired) electrons. The first-order valence-electron chi connectivity index (χ1n) is 9.61. The normalized spacial score (nSPS) is 15.6. The van der Waals surface area contributed by atoms with Gasteiger partial charge < -0.3 is 14.1 Å². The van der Waals surface area contributed by atoms with Gasteiger partial charge in [-0.2, -0.15) is 0 Å². The smallest absolute Gasteiger partial charge is 0.336 e. The van der Waals surface area contributed by atoms with Gasteiger partial charge in [0, 0.05) is 41.0 Å². The molecule has 1 fully saturated rings. The van der Waals surface area contributed by atoms with Crippen molar-refractivity contribution in [3.63, 3.8) is 0 Å². The van der Waals surface area contributed by atoms with Crippen molar-refractivity contribution in [2.45, 2.75) is 39.2 Å². The molecular weight excluding hydrogens is 374 g/mol. The molecule has 28 heavy (non-hydrogen) atoms. The largest absolute Gasteiger partial charge is 0.481 e. The monoisotopic (exact) mass is 397 g/mol. The molecule has 0 bridgehead atoms. The van der Waals surface area contributed by atoms with Crippen LogP contribution in [-0.2, 0) is 4.79 Å². The molecule has 1 saturated heterocycles. The zero-order valence-electron chi connectivity index (χ0n) is 16.1. The summed E-state index contributed by atoms with van der Waals surface area (Å²) in [6.45, 7) is 5.39. The minimum absolute atomic E-state index is 0.00361. The van der Waals surface area contributed by atoms with Crippen molar-refractivity contribution in [3.8, 4) is 16.9 Å². The first-order chi connectivity index (χ1) is 13.5. The molecule has 4 rings (SSSR count). The molecule has 0 saturated carbocycles. The second kappa shape index (κ2) is 7.80. The molecule has 1 aromatic carbocycles. The molecule has 0 aliphatic carbocycles. The maximum atomic E-state index is 12.6. The van der Waals surface area contributed by atoms with Crippen LogP contribution in [0.3, 0.4) is 0 Å². The summed E-state index contributed by atoms with van der Waals surface area (Å²) >= 11 is 1.64. The Balaban J connectivity index is 1.62. The van der Waals surface area contributed by atoms with Crippen LogP contribution in [0.25, 0.3) is 22.1 Å². The van der Waals surface area contributed by atoms with Crippen LogP contribution in [0.2, 0.25) is 0 Å². The number of aryl methyl sites for hydroxylation is 1. The van der Waals surface area contributed by atoms with E-state index >= 15 is 0 Å². The van der Waals surface area contributed by atoms with Crippen LogP contribution in [0, 0.1) is 6.92 Å². The van der Waals surface area contributed by atoms with Crippen LogP contribution < -0.4 is 10.4 Å². The predicted molar refractivity (Wildman–Crippen MR) is 111 cm³/mol. The Hall–Kier alpha value is -2.60. The molecule has 0 spiro atoms. The van der Waals surface area contributed by atoms with Crippen molar-refractivity contribution < 1.29 is 13.9 Å². The summed E-state index contributed by atoms with van der Waals surface area (Å²) in [7, 11) is 0. The number of benzene rings is 1. The molecule has 5 nitrogen and oxygen atoms in total. The van der Waals surface area contributed by atoms with Crippen LogP contribution in [0.5, 0.6) is 5.75 Å². The highest BCUT2D eigenvalue weighted by atomic mass is 32.1. The lowest BCUT2D eigenvalue weighted by Crippen LogP contribution is -2.43. The number of hydrogen-bond donors (Lipinski definition) is 0. The van der Waals surface area contributed by atoms with E-state index in [0.717, 1.165) is 47.3 Å². The summed E-state index contributed by atoms with van der Waals surface area (Å²) in [4.78, 5) is 27.7.